The molecule has 0 unspecified atom stereocenters. The lowest BCUT2D eigenvalue weighted by Crippen LogP contribution is -2.41. The Kier molecular flexibility index (Phi) is 5.55. The molecule has 116 valence electrons. The van der Waals surface area contributed by atoms with Crippen LogP contribution in [0.2, 0.25) is 5.02 Å². The Morgan fingerprint density at radius 2 is 2.14 bits per heavy atom. The summed E-state index contributed by atoms with van der Waals surface area (Å²) in [5.41, 5.74) is 5.93. The molecule has 1 heterocycles. The van der Waals surface area contributed by atoms with E-state index in [2.05, 4.69) is 5.32 Å². The van der Waals surface area contributed by atoms with Gasteiger partial charge in [0.2, 0.25) is 0 Å². The summed E-state index contributed by atoms with van der Waals surface area (Å²) < 4.78 is 31.4. The quantitative estimate of drug-likeness (QED) is 0.899. The molecule has 4 nitrogen and oxygen atoms in total. The minimum atomic E-state index is -3.14. The largest absolute Gasteiger partial charge is 0.451 e. The van der Waals surface area contributed by atoms with Gasteiger partial charge in [0.1, 0.15) is 5.58 Å². The molecule has 0 spiro atoms. The van der Waals surface area contributed by atoms with Crippen molar-refractivity contribution < 1.29 is 18.0 Å². The summed E-state index contributed by atoms with van der Waals surface area (Å²) in [5, 5.41) is 3.29. The van der Waals surface area contributed by atoms with Crippen LogP contribution in [0.5, 0.6) is 0 Å². The number of benzene rings is 1. The Morgan fingerprint density at radius 1 is 1.48 bits per heavy atom. The van der Waals surface area contributed by atoms with Crippen LogP contribution in [0.4, 0.5) is 8.78 Å². The summed E-state index contributed by atoms with van der Waals surface area (Å²) in [6.07, 6.45) is 0. The molecular weight excluding hydrogens is 325 g/mol. The lowest BCUT2D eigenvalue weighted by Gasteiger charge is -2.13. The number of hydrogen-bond donors (Lipinski definition) is 2. The molecule has 2 rings (SSSR count). The van der Waals surface area contributed by atoms with Gasteiger partial charge in [-0.3, -0.25) is 4.79 Å². The van der Waals surface area contributed by atoms with Crippen molar-refractivity contribution in [1.29, 1.82) is 0 Å². The van der Waals surface area contributed by atoms with E-state index in [1.54, 1.807) is 25.1 Å². The molecule has 0 bridgehead atoms. The van der Waals surface area contributed by atoms with E-state index in [-0.39, 0.29) is 18.2 Å². The van der Waals surface area contributed by atoms with Gasteiger partial charge in [0, 0.05) is 16.0 Å². The van der Waals surface area contributed by atoms with Crippen molar-refractivity contribution in [3.05, 3.63) is 34.5 Å². The molecule has 1 aromatic carbocycles. The SMILES string of the molecule is Cc1c(C(=O)NCC(F)(F)CN)oc2ccc(Cl)cc12.Cl. The minimum Gasteiger partial charge on any atom is -0.451 e. The number of halogens is 4. The van der Waals surface area contributed by atoms with E-state index in [1.807, 2.05) is 0 Å². The fraction of sp³-hybridized carbons (Fsp3) is 0.308. The number of fused-ring (bicyclic) bond motifs is 1. The summed E-state index contributed by atoms with van der Waals surface area (Å²) in [7, 11) is 0. The first-order valence-electron chi connectivity index (χ1n) is 5.89. The third kappa shape index (κ3) is 3.84. The van der Waals surface area contributed by atoms with Crippen LogP contribution in [0, 0.1) is 6.92 Å². The Hall–Kier alpha value is -1.37. The van der Waals surface area contributed by atoms with Crippen LogP contribution in [-0.2, 0) is 0 Å². The molecule has 0 saturated heterocycles. The molecule has 0 atom stereocenters. The molecule has 1 amide bonds. The predicted octanol–water partition coefficient (Wildman–Crippen LogP) is 3.14. The number of alkyl halides is 2. The predicted molar refractivity (Wildman–Crippen MR) is 79.5 cm³/mol. The highest BCUT2D eigenvalue weighted by molar-refractivity contribution is 6.31. The molecule has 1 aromatic heterocycles. The normalized spacial score (nSPS) is 11.3. The van der Waals surface area contributed by atoms with Crippen LogP contribution in [0.1, 0.15) is 16.1 Å². The van der Waals surface area contributed by atoms with Crippen molar-refractivity contribution in [2.24, 2.45) is 5.73 Å². The number of carbonyl (C=O) groups excluding carboxylic acids is 1. The molecule has 8 heteroatoms. The fourth-order valence-electron chi connectivity index (χ4n) is 1.77. The molecule has 3 N–H and O–H groups in total. The number of rotatable bonds is 4. The topological polar surface area (TPSA) is 68.3 Å². The van der Waals surface area contributed by atoms with Gasteiger partial charge in [0.25, 0.3) is 11.8 Å². The number of nitrogens with two attached hydrogens (primary N) is 1. The van der Waals surface area contributed by atoms with Gasteiger partial charge in [0.05, 0.1) is 13.1 Å². The highest BCUT2D eigenvalue weighted by atomic mass is 35.5. The zero-order chi connectivity index (χ0) is 14.9. The maximum atomic E-state index is 13.0. The van der Waals surface area contributed by atoms with Gasteiger partial charge < -0.3 is 15.5 Å². The molecule has 0 aliphatic carbocycles. The first kappa shape index (κ1) is 17.7. The molecule has 0 aliphatic rings. The van der Waals surface area contributed by atoms with Crippen molar-refractivity contribution >= 4 is 40.9 Å². The van der Waals surface area contributed by atoms with E-state index in [0.29, 0.717) is 21.6 Å². The summed E-state index contributed by atoms with van der Waals surface area (Å²) in [6, 6.07) is 4.90. The first-order valence-corrected chi connectivity index (χ1v) is 6.26. The summed E-state index contributed by atoms with van der Waals surface area (Å²) in [4.78, 5) is 11.9. The monoisotopic (exact) mass is 338 g/mol. The number of furan rings is 1. The summed E-state index contributed by atoms with van der Waals surface area (Å²) in [5.74, 6) is -3.85. The third-order valence-corrected chi connectivity index (χ3v) is 3.15. The average molecular weight is 339 g/mol. The van der Waals surface area contributed by atoms with Crippen LogP contribution < -0.4 is 11.1 Å². The van der Waals surface area contributed by atoms with E-state index in [0.717, 1.165) is 0 Å². The average Bonchev–Trinajstić information content (AvgIpc) is 2.74. The number of nitrogens with one attached hydrogen (secondary N) is 1. The number of hydrogen-bond acceptors (Lipinski definition) is 3. The zero-order valence-electron chi connectivity index (χ0n) is 11.1. The molecule has 0 saturated carbocycles. The van der Waals surface area contributed by atoms with Crippen molar-refractivity contribution in [2.75, 3.05) is 13.1 Å². The van der Waals surface area contributed by atoms with Crippen LogP contribution in [0.25, 0.3) is 11.0 Å². The van der Waals surface area contributed by atoms with E-state index in [9.17, 15) is 13.6 Å². The Balaban J connectivity index is 0.00000220. The smallest absolute Gasteiger partial charge is 0.287 e. The van der Waals surface area contributed by atoms with Crippen molar-refractivity contribution in [2.45, 2.75) is 12.8 Å². The van der Waals surface area contributed by atoms with Gasteiger partial charge in [-0.2, -0.15) is 0 Å². The highest BCUT2D eigenvalue weighted by Crippen LogP contribution is 2.27. The van der Waals surface area contributed by atoms with Crippen LogP contribution in [0.15, 0.2) is 22.6 Å². The molecule has 0 fully saturated rings. The van der Waals surface area contributed by atoms with Gasteiger partial charge in [-0.25, -0.2) is 8.78 Å². The van der Waals surface area contributed by atoms with E-state index >= 15 is 0 Å². The fourth-order valence-corrected chi connectivity index (χ4v) is 1.94. The van der Waals surface area contributed by atoms with Gasteiger partial charge in [-0.15, -0.1) is 12.4 Å². The highest BCUT2D eigenvalue weighted by Gasteiger charge is 2.28. The van der Waals surface area contributed by atoms with Gasteiger partial charge >= 0.3 is 0 Å². The number of amides is 1. The molecule has 0 aliphatic heterocycles. The molecular formula is C13H14Cl2F2N2O2. The Morgan fingerprint density at radius 3 is 2.76 bits per heavy atom. The van der Waals surface area contributed by atoms with Gasteiger partial charge in [-0.05, 0) is 25.1 Å². The lowest BCUT2D eigenvalue weighted by atomic mass is 10.1. The maximum absolute atomic E-state index is 13.0. The van der Waals surface area contributed by atoms with Gasteiger partial charge in [0.15, 0.2) is 5.76 Å². The van der Waals surface area contributed by atoms with E-state index < -0.39 is 24.9 Å². The third-order valence-electron chi connectivity index (χ3n) is 2.91. The van der Waals surface area contributed by atoms with Gasteiger partial charge in [-0.1, -0.05) is 11.6 Å². The number of carbonyl (C=O) groups is 1. The van der Waals surface area contributed by atoms with Crippen molar-refractivity contribution in [3.8, 4) is 0 Å². The Bertz CT molecular complexity index is 659. The minimum absolute atomic E-state index is 0. The molecule has 2 aromatic rings. The Labute approximate surface area is 131 Å². The van der Waals surface area contributed by atoms with Crippen molar-refractivity contribution in [1.82, 2.24) is 5.32 Å². The summed E-state index contributed by atoms with van der Waals surface area (Å²) >= 11 is 5.86. The van der Waals surface area contributed by atoms with Crippen LogP contribution in [0.3, 0.4) is 0 Å². The standard InChI is InChI=1S/C13H13ClF2N2O2.ClH/c1-7-9-4-8(14)2-3-10(9)20-11(7)12(19)18-6-13(15,16)5-17;/h2-4H,5-6,17H2,1H3,(H,18,19);1H. The molecule has 21 heavy (non-hydrogen) atoms. The zero-order valence-corrected chi connectivity index (χ0v) is 12.7. The van der Waals surface area contributed by atoms with E-state index in [1.165, 1.54) is 0 Å². The second-order valence-electron chi connectivity index (χ2n) is 4.44. The second-order valence-corrected chi connectivity index (χ2v) is 4.88. The van der Waals surface area contributed by atoms with Crippen LogP contribution >= 0.6 is 24.0 Å². The molecule has 0 radical (unpaired) electrons. The first-order chi connectivity index (χ1) is 9.34. The maximum Gasteiger partial charge on any atom is 0.287 e. The van der Waals surface area contributed by atoms with E-state index in [4.69, 9.17) is 21.8 Å². The second kappa shape index (κ2) is 6.60. The lowest BCUT2D eigenvalue weighted by molar-refractivity contribution is 0.0116. The van der Waals surface area contributed by atoms with Crippen molar-refractivity contribution in [3.63, 3.8) is 0 Å². The van der Waals surface area contributed by atoms with Crippen LogP contribution in [-0.4, -0.2) is 24.9 Å². The summed E-state index contributed by atoms with van der Waals surface area (Å²) in [6.45, 7) is -0.000272. The number of aryl methyl sites for hydroxylation is 1.